The first kappa shape index (κ1) is 13.9. The lowest BCUT2D eigenvalue weighted by Gasteiger charge is -2.06. The van der Waals surface area contributed by atoms with Gasteiger partial charge in [-0.2, -0.15) is 0 Å². The Morgan fingerprint density at radius 1 is 1.39 bits per heavy atom. The molecule has 0 bridgehead atoms. The molecule has 0 aliphatic rings. The summed E-state index contributed by atoms with van der Waals surface area (Å²) in [6, 6.07) is 0. The summed E-state index contributed by atoms with van der Waals surface area (Å²) in [6.07, 6.45) is 3.61. The summed E-state index contributed by atoms with van der Waals surface area (Å²) in [4.78, 5) is 30.4. The molecule has 2 N–H and O–H groups in total. The predicted octanol–water partition coefficient (Wildman–Crippen LogP) is 0.201. The molecule has 1 amide bonds. The fourth-order valence-electron chi connectivity index (χ4n) is 1.15. The van der Waals surface area contributed by atoms with Crippen molar-refractivity contribution in [2.75, 3.05) is 25.5 Å². The average Bonchev–Trinajstić information content (AvgIpc) is 2.42. The third kappa shape index (κ3) is 4.36. The van der Waals surface area contributed by atoms with Crippen molar-refractivity contribution in [1.82, 2.24) is 15.3 Å². The maximum absolute atomic E-state index is 11.3. The number of carbonyl (C=O) groups is 2. The Bertz CT molecular complexity index is 423. The van der Waals surface area contributed by atoms with Crippen LogP contribution in [0.5, 0.6) is 0 Å². The van der Waals surface area contributed by atoms with Crippen LogP contribution in [0.3, 0.4) is 0 Å². The van der Waals surface area contributed by atoms with Crippen LogP contribution in [0.25, 0.3) is 0 Å². The molecule has 0 saturated heterocycles. The van der Waals surface area contributed by atoms with E-state index in [0.717, 1.165) is 6.42 Å². The number of ether oxygens (including phenoxy) is 1. The Balaban J connectivity index is 2.52. The summed E-state index contributed by atoms with van der Waals surface area (Å²) in [5.74, 6) is -0.353. The molecular weight excluding hydrogens is 236 g/mol. The number of amides is 1. The third-order valence-corrected chi connectivity index (χ3v) is 2.03. The molecule has 7 heteroatoms. The summed E-state index contributed by atoms with van der Waals surface area (Å²) in [6.45, 7) is 2.69. The molecule has 0 aromatic carbocycles. The van der Waals surface area contributed by atoms with Gasteiger partial charge < -0.3 is 15.4 Å². The van der Waals surface area contributed by atoms with E-state index in [9.17, 15) is 9.59 Å². The van der Waals surface area contributed by atoms with E-state index >= 15 is 0 Å². The minimum Gasteiger partial charge on any atom is -0.464 e. The Hall–Kier alpha value is -2.18. The number of esters is 1. The topological polar surface area (TPSA) is 93.2 Å². The Labute approximate surface area is 105 Å². The Morgan fingerprint density at radius 3 is 2.83 bits per heavy atom. The molecule has 0 radical (unpaired) electrons. The Morgan fingerprint density at radius 2 is 2.17 bits per heavy atom. The van der Waals surface area contributed by atoms with E-state index in [0.29, 0.717) is 12.4 Å². The predicted molar refractivity (Wildman–Crippen MR) is 65.2 cm³/mol. The van der Waals surface area contributed by atoms with Crippen LogP contribution in [-0.2, 0) is 9.53 Å². The van der Waals surface area contributed by atoms with Crippen LogP contribution >= 0.6 is 0 Å². The maximum atomic E-state index is 11.3. The van der Waals surface area contributed by atoms with Crippen LogP contribution in [0.15, 0.2) is 12.4 Å². The standard InChI is InChI=1S/C11H16N4O3/c1-3-4-13-10(16)7-14-9-6-12-5-8(15-9)11(17)18-2/h5-6H,3-4,7H2,1-2H3,(H,13,16)(H,14,15). The molecule has 1 aromatic heterocycles. The van der Waals surface area contributed by atoms with Crippen LogP contribution < -0.4 is 10.6 Å². The number of hydrogen-bond acceptors (Lipinski definition) is 6. The van der Waals surface area contributed by atoms with Gasteiger partial charge in [0.1, 0.15) is 5.82 Å². The molecule has 0 atom stereocenters. The van der Waals surface area contributed by atoms with Gasteiger partial charge >= 0.3 is 5.97 Å². The van der Waals surface area contributed by atoms with Crippen molar-refractivity contribution in [3.63, 3.8) is 0 Å². The number of nitrogens with zero attached hydrogens (tertiary/aromatic N) is 2. The van der Waals surface area contributed by atoms with E-state index < -0.39 is 5.97 Å². The molecule has 1 rings (SSSR count). The van der Waals surface area contributed by atoms with Crippen molar-refractivity contribution in [3.05, 3.63) is 18.1 Å². The highest BCUT2D eigenvalue weighted by Gasteiger charge is 2.08. The summed E-state index contributed by atoms with van der Waals surface area (Å²) in [5.41, 5.74) is 0.0940. The molecule has 18 heavy (non-hydrogen) atoms. The van der Waals surface area contributed by atoms with E-state index in [1.165, 1.54) is 19.5 Å². The minimum atomic E-state index is -0.568. The van der Waals surface area contributed by atoms with Gasteiger partial charge in [-0.3, -0.25) is 9.78 Å². The highest BCUT2D eigenvalue weighted by atomic mass is 16.5. The van der Waals surface area contributed by atoms with Gasteiger partial charge in [-0.1, -0.05) is 6.92 Å². The quantitative estimate of drug-likeness (QED) is 0.702. The molecular formula is C11H16N4O3. The minimum absolute atomic E-state index is 0.0826. The number of methoxy groups -OCH3 is 1. The highest BCUT2D eigenvalue weighted by Crippen LogP contribution is 2.02. The normalized spacial score (nSPS) is 9.67. The zero-order valence-corrected chi connectivity index (χ0v) is 10.4. The third-order valence-electron chi connectivity index (χ3n) is 2.03. The van der Waals surface area contributed by atoms with Gasteiger partial charge in [-0.15, -0.1) is 0 Å². The van der Waals surface area contributed by atoms with E-state index in [1.54, 1.807) is 0 Å². The van der Waals surface area contributed by atoms with Crippen LogP contribution in [0.4, 0.5) is 5.82 Å². The van der Waals surface area contributed by atoms with Crippen molar-refractivity contribution in [3.8, 4) is 0 Å². The smallest absolute Gasteiger partial charge is 0.358 e. The molecule has 1 heterocycles. The second-order valence-electron chi connectivity index (χ2n) is 3.48. The van der Waals surface area contributed by atoms with Crippen molar-refractivity contribution >= 4 is 17.7 Å². The van der Waals surface area contributed by atoms with E-state index in [-0.39, 0.29) is 18.1 Å². The molecule has 1 aromatic rings. The van der Waals surface area contributed by atoms with Crippen LogP contribution in [-0.4, -0.2) is 42.0 Å². The number of aromatic nitrogens is 2. The van der Waals surface area contributed by atoms with E-state index in [2.05, 4.69) is 25.3 Å². The van der Waals surface area contributed by atoms with Gasteiger partial charge in [0.05, 0.1) is 26.0 Å². The zero-order valence-electron chi connectivity index (χ0n) is 10.4. The number of anilines is 1. The van der Waals surface area contributed by atoms with Crippen molar-refractivity contribution in [2.45, 2.75) is 13.3 Å². The average molecular weight is 252 g/mol. The molecule has 0 fully saturated rings. The first-order valence-corrected chi connectivity index (χ1v) is 5.58. The molecule has 0 aliphatic carbocycles. The Kier molecular flexibility index (Phi) is 5.56. The van der Waals surface area contributed by atoms with Crippen molar-refractivity contribution < 1.29 is 14.3 Å². The van der Waals surface area contributed by atoms with Crippen molar-refractivity contribution in [1.29, 1.82) is 0 Å². The number of rotatable bonds is 6. The van der Waals surface area contributed by atoms with E-state index in [1.807, 2.05) is 6.92 Å². The largest absolute Gasteiger partial charge is 0.464 e. The van der Waals surface area contributed by atoms with Crippen LogP contribution in [0.2, 0.25) is 0 Å². The molecule has 0 saturated carbocycles. The molecule has 98 valence electrons. The molecule has 7 nitrogen and oxygen atoms in total. The van der Waals surface area contributed by atoms with E-state index in [4.69, 9.17) is 0 Å². The van der Waals surface area contributed by atoms with Gasteiger partial charge in [0.2, 0.25) is 5.91 Å². The molecule has 0 aliphatic heterocycles. The van der Waals surface area contributed by atoms with Crippen LogP contribution in [0.1, 0.15) is 23.8 Å². The van der Waals surface area contributed by atoms with Gasteiger partial charge in [0.15, 0.2) is 5.69 Å². The summed E-state index contributed by atoms with van der Waals surface area (Å²) in [7, 11) is 1.27. The van der Waals surface area contributed by atoms with Gasteiger partial charge in [0.25, 0.3) is 0 Å². The van der Waals surface area contributed by atoms with Gasteiger partial charge in [0, 0.05) is 6.54 Å². The van der Waals surface area contributed by atoms with Crippen LogP contribution in [0, 0.1) is 0 Å². The summed E-state index contributed by atoms with van der Waals surface area (Å²) < 4.78 is 4.52. The fraction of sp³-hybridized carbons (Fsp3) is 0.455. The fourth-order valence-corrected chi connectivity index (χ4v) is 1.15. The highest BCUT2D eigenvalue weighted by molar-refractivity contribution is 5.87. The lowest BCUT2D eigenvalue weighted by molar-refractivity contribution is -0.119. The number of carbonyl (C=O) groups excluding carboxylic acids is 2. The summed E-state index contributed by atoms with van der Waals surface area (Å²) in [5, 5.41) is 5.49. The maximum Gasteiger partial charge on any atom is 0.358 e. The second-order valence-corrected chi connectivity index (χ2v) is 3.48. The first-order chi connectivity index (χ1) is 8.67. The molecule has 0 spiro atoms. The van der Waals surface area contributed by atoms with Gasteiger partial charge in [-0.05, 0) is 6.42 Å². The van der Waals surface area contributed by atoms with Crippen molar-refractivity contribution in [2.24, 2.45) is 0 Å². The van der Waals surface area contributed by atoms with Gasteiger partial charge in [-0.25, -0.2) is 9.78 Å². The number of nitrogens with one attached hydrogen (secondary N) is 2. The first-order valence-electron chi connectivity index (χ1n) is 5.58. The summed E-state index contributed by atoms with van der Waals surface area (Å²) >= 11 is 0. The molecule has 0 unspecified atom stereocenters. The lowest BCUT2D eigenvalue weighted by atomic mass is 10.4. The second kappa shape index (κ2) is 7.21. The zero-order chi connectivity index (χ0) is 13.4. The lowest BCUT2D eigenvalue weighted by Crippen LogP contribution is -2.30. The monoisotopic (exact) mass is 252 g/mol. The SMILES string of the molecule is CCCNC(=O)CNc1cncc(C(=O)OC)n1. The number of hydrogen-bond donors (Lipinski definition) is 2.